The molecule has 9 nitrogen and oxygen atoms in total. The van der Waals surface area contributed by atoms with Gasteiger partial charge in [0.05, 0.1) is 35.2 Å². The molecule has 1 aliphatic rings. The van der Waals surface area contributed by atoms with E-state index in [1.54, 1.807) is 23.0 Å². The van der Waals surface area contributed by atoms with Gasteiger partial charge in [-0.2, -0.15) is 15.0 Å². The van der Waals surface area contributed by atoms with Gasteiger partial charge in [0.25, 0.3) is 5.91 Å². The molecule has 35 heavy (non-hydrogen) atoms. The molecule has 0 spiro atoms. The average Bonchev–Trinajstić information content (AvgIpc) is 3.26. The minimum Gasteiger partial charge on any atom is -0.387 e. The molecule has 0 aliphatic heterocycles. The number of pyridine rings is 2. The quantitative estimate of drug-likeness (QED) is 0.473. The number of rotatable bonds is 7. The Kier molecular flexibility index (Phi) is 6.98. The van der Waals surface area contributed by atoms with Gasteiger partial charge in [-0.15, -0.1) is 0 Å². The van der Waals surface area contributed by atoms with Gasteiger partial charge in [-0.25, -0.2) is 14.4 Å². The van der Waals surface area contributed by atoms with Crippen LogP contribution in [0.1, 0.15) is 62.4 Å². The Labute approximate surface area is 203 Å². The maximum Gasteiger partial charge on any atom is 0.255 e. The van der Waals surface area contributed by atoms with Crippen molar-refractivity contribution >= 4 is 22.6 Å². The molecular formula is C25H30FN7O2. The number of amides is 1. The fraction of sp³-hybridized carbons (Fsp3) is 0.480. The van der Waals surface area contributed by atoms with Crippen molar-refractivity contribution in [1.82, 2.24) is 25.1 Å². The number of hydrogen-bond donors (Lipinski definition) is 3. The summed E-state index contributed by atoms with van der Waals surface area (Å²) in [5, 5.41) is 30.1. The highest BCUT2D eigenvalue weighted by Crippen LogP contribution is 2.28. The molecule has 3 N–H and O–H groups in total. The van der Waals surface area contributed by atoms with Crippen LogP contribution in [-0.4, -0.2) is 55.1 Å². The summed E-state index contributed by atoms with van der Waals surface area (Å²) in [4.78, 5) is 21.7. The molecule has 0 aromatic carbocycles. The van der Waals surface area contributed by atoms with Crippen LogP contribution >= 0.6 is 0 Å². The van der Waals surface area contributed by atoms with Crippen LogP contribution in [0.15, 0.2) is 30.7 Å². The van der Waals surface area contributed by atoms with E-state index in [-0.39, 0.29) is 18.2 Å². The summed E-state index contributed by atoms with van der Waals surface area (Å²) in [5.74, 6) is 0.650. The van der Waals surface area contributed by atoms with E-state index in [4.69, 9.17) is 5.26 Å². The lowest BCUT2D eigenvalue weighted by Crippen LogP contribution is -2.42. The molecule has 1 atom stereocenters. The van der Waals surface area contributed by atoms with E-state index in [0.717, 1.165) is 25.7 Å². The van der Waals surface area contributed by atoms with Crippen LogP contribution in [-0.2, 0) is 0 Å². The third kappa shape index (κ3) is 5.57. The van der Waals surface area contributed by atoms with Crippen LogP contribution in [0.5, 0.6) is 0 Å². The first-order chi connectivity index (χ1) is 16.7. The van der Waals surface area contributed by atoms with Crippen molar-refractivity contribution in [3.63, 3.8) is 0 Å². The molecule has 4 rings (SSSR count). The van der Waals surface area contributed by atoms with Crippen molar-refractivity contribution in [3.05, 3.63) is 41.9 Å². The molecule has 1 amide bonds. The number of nitriles is 1. The number of aromatic nitrogens is 4. The largest absolute Gasteiger partial charge is 0.387 e. The molecule has 3 aromatic rings. The van der Waals surface area contributed by atoms with E-state index in [1.165, 1.54) is 26.2 Å². The van der Waals surface area contributed by atoms with E-state index in [9.17, 15) is 14.3 Å². The number of aliphatic hydroxyl groups is 1. The number of fused-ring (bicyclic) bond motifs is 1. The molecule has 1 unspecified atom stereocenters. The lowest BCUT2D eigenvalue weighted by Gasteiger charge is -2.28. The summed E-state index contributed by atoms with van der Waals surface area (Å²) in [7, 11) is 0. The van der Waals surface area contributed by atoms with E-state index in [1.807, 2.05) is 0 Å². The molecule has 1 saturated carbocycles. The van der Waals surface area contributed by atoms with Crippen LogP contribution in [0.3, 0.4) is 0 Å². The minimum atomic E-state index is -1.62. The average molecular weight is 480 g/mol. The fourth-order valence-electron chi connectivity index (χ4n) is 4.16. The van der Waals surface area contributed by atoms with Gasteiger partial charge in [0.1, 0.15) is 12.2 Å². The van der Waals surface area contributed by atoms with Gasteiger partial charge in [-0.05, 0) is 51.5 Å². The predicted molar refractivity (Wildman–Crippen MR) is 130 cm³/mol. The van der Waals surface area contributed by atoms with Crippen LogP contribution in [0, 0.1) is 17.2 Å². The van der Waals surface area contributed by atoms with Gasteiger partial charge in [-0.3, -0.25) is 4.79 Å². The first kappa shape index (κ1) is 24.5. The lowest BCUT2D eigenvalue weighted by atomic mass is 9.87. The Morgan fingerprint density at radius 1 is 1.26 bits per heavy atom. The smallest absolute Gasteiger partial charge is 0.255 e. The van der Waals surface area contributed by atoms with E-state index < -0.39 is 17.7 Å². The van der Waals surface area contributed by atoms with Crippen LogP contribution in [0.4, 0.5) is 10.1 Å². The molecule has 184 valence electrons. The van der Waals surface area contributed by atoms with Crippen LogP contribution in [0.25, 0.3) is 16.9 Å². The van der Waals surface area contributed by atoms with Gasteiger partial charge in [0, 0.05) is 29.9 Å². The molecule has 0 bridgehead atoms. The monoisotopic (exact) mass is 479 g/mol. The number of carbonyl (C=O) groups is 1. The third-order valence-corrected chi connectivity index (χ3v) is 6.47. The molecule has 0 radical (unpaired) electrons. The number of halogens is 1. The topological polar surface area (TPSA) is 129 Å². The molecule has 3 heterocycles. The summed E-state index contributed by atoms with van der Waals surface area (Å²) < 4.78 is 15.8. The molecule has 1 fully saturated rings. The van der Waals surface area contributed by atoms with E-state index in [0.29, 0.717) is 34.0 Å². The predicted octanol–water partition coefficient (Wildman–Crippen LogP) is 3.52. The maximum atomic E-state index is 14.2. The fourth-order valence-corrected chi connectivity index (χ4v) is 4.16. The number of carbonyl (C=O) groups excluding carboxylic acids is 1. The van der Waals surface area contributed by atoms with Crippen molar-refractivity contribution in [2.45, 2.75) is 64.3 Å². The normalized spacial score (nSPS) is 19.2. The first-order valence-corrected chi connectivity index (χ1v) is 11.8. The highest BCUT2D eigenvalue weighted by molar-refractivity contribution is 5.99. The molecule has 10 heteroatoms. The highest BCUT2D eigenvalue weighted by Gasteiger charge is 2.28. The number of nitrogens with one attached hydrogen (secondary N) is 2. The summed E-state index contributed by atoms with van der Waals surface area (Å²) in [6, 6.07) is 5.70. The van der Waals surface area contributed by atoms with Crippen LogP contribution in [0.2, 0.25) is 0 Å². The van der Waals surface area contributed by atoms with Gasteiger partial charge < -0.3 is 15.7 Å². The van der Waals surface area contributed by atoms with E-state index >= 15 is 0 Å². The van der Waals surface area contributed by atoms with Crippen molar-refractivity contribution in [1.29, 1.82) is 5.26 Å². The van der Waals surface area contributed by atoms with Gasteiger partial charge in [0.2, 0.25) is 0 Å². The lowest BCUT2D eigenvalue weighted by molar-refractivity contribution is -0.00177. The number of nitrogens with zero attached hydrogens (tertiary/aromatic N) is 5. The standard InChI is InChI=1S/C25H30FN7O2/c1-15-4-6-18(7-5-15)32-20-9-22(33-23-17(12-31-33)8-16(10-27)11-29-23)28-13-19(20)24(34)30-14-21(26)25(2,3)35/h8-9,11-13,15,18,21,35H,4-7,14H2,1-3H3,(H,28,32)(H,30,34). The Hall–Kier alpha value is -3.58. The second-order valence-electron chi connectivity index (χ2n) is 9.83. The molecule has 3 aromatic heterocycles. The second kappa shape index (κ2) is 9.96. The SMILES string of the molecule is CC1CCC(Nc2cc(-n3ncc4cc(C#N)cnc43)ncc2C(=O)NCC(F)C(C)(C)O)CC1. The minimum absolute atomic E-state index is 0.198. The third-order valence-electron chi connectivity index (χ3n) is 6.47. The van der Waals surface area contributed by atoms with Crippen molar-refractivity contribution < 1.29 is 14.3 Å². The second-order valence-corrected chi connectivity index (χ2v) is 9.83. The summed E-state index contributed by atoms with van der Waals surface area (Å²) in [5.41, 5.74) is 0.267. The number of anilines is 1. The zero-order valence-corrected chi connectivity index (χ0v) is 20.1. The van der Waals surface area contributed by atoms with Crippen LogP contribution < -0.4 is 10.6 Å². The van der Waals surface area contributed by atoms with Gasteiger partial charge >= 0.3 is 0 Å². The zero-order chi connectivity index (χ0) is 25.2. The summed E-state index contributed by atoms with van der Waals surface area (Å²) in [6.07, 6.45) is 7.06. The first-order valence-electron chi connectivity index (χ1n) is 11.8. The Morgan fingerprint density at radius 3 is 2.69 bits per heavy atom. The number of alkyl halides is 1. The molecular weight excluding hydrogens is 449 g/mol. The van der Waals surface area contributed by atoms with Gasteiger partial charge in [0.15, 0.2) is 11.5 Å². The van der Waals surface area contributed by atoms with Crippen molar-refractivity contribution in [2.75, 3.05) is 11.9 Å². The van der Waals surface area contributed by atoms with Crippen molar-refractivity contribution in [2.24, 2.45) is 5.92 Å². The van der Waals surface area contributed by atoms with Gasteiger partial charge in [-0.1, -0.05) is 6.92 Å². The Bertz CT molecular complexity index is 1250. The highest BCUT2D eigenvalue weighted by atomic mass is 19.1. The molecule has 0 saturated heterocycles. The number of hydrogen-bond acceptors (Lipinski definition) is 7. The Morgan fingerprint density at radius 2 is 2.00 bits per heavy atom. The Balaban J connectivity index is 1.65. The summed E-state index contributed by atoms with van der Waals surface area (Å²) >= 11 is 0. The van der Waals surface area contributed by atoms with E-state index in [2.05, 4.69) is 38.7 Å². The summed E-state index contributed by atoms with van der Waals surface area (Å²) in [6.45, 7) is 4.64. The molecule has 1 aliphatic carbocycles. The van der Waals surface area contributed by atoms with Crippen molar-refractivity contribution in [3.8, 4) is 11.9 Å². The zero-order valence-electron chi connectivity index (χ0n) is 20.1. The maximum absolute atomic E-state index is 14.2.